The molecular formula is C17H27N3S. The second-order valence-corrected chi connectivity index (χ2v) is 6.96. The van der Waals surface area contributed by atoms with E-state index in [2.05, 4.69) is 54.9 Å². The van der Waals surface area contributed by atoms with E-state index in [1.54, 1.807) is 0 Å². The standard InChI is InChI=1S/C17H27N3S/c1-4-5-8-11-21-17-15(13-18-12-14(2)3)20-10-7-6-9-16(20)19-17/h6-7,9-10,14,18H,4-5,8,11-13H2,1-3H3. The first kappa shape index (κ1) is 16.4. The Bertz CT molecular complexity index is 548. The molecule has 0 saturated heterocycles. The smallest absolute Gasteiger partial charge is 0.138 e. The van der Waals surface area contributed by atoms with Crippen LogP contribution in [0.1, 0.15) is 45.7 Å². The summed E-state index contributed by atoms with van der Waals surface area (Å²) in [6.45, 7) is 8.65. The van der Waals surface area contributed by atoms with Crippen molar-refractivity contribution in [3.05, 3.63) is 30.1 Å². The minimum absolute atomic E-state index is 0.671. The molecule has 2 heterocycles. The van der Waals surface area contributed by atoms with Crippen LogP contribution >= 0.6 is 11.8 Å². The van der Waals surface area contributed by atoms with E-state index in [9.17, 15) is 0 Å². The first-order valence-electron chi connectivity index (χ1n) is 8.01. The lowest BCUT2D eigenvalue weighted by Gasteiger charge is -2.09. The molecule has 0 spiro atoms. The highest BCUT2D eigenvalue weighted by molar-refractivity contribution is 7.99. The molecule has 0 fully saturated rings. The molecule has 0 saturated carbocycles. The topological polar surface area (TPSA) is 29.3 Å². The van der Waals surface area contributed by atoms with Crippen LogP contribution < -0.4 is 5.32 Å². The van der Waals surface area contributed by atoms with Gasteiger partial charge in [-0.25, -0.2) is 4.98 Å². The minimum atomic E-state index is 0.671. The molecule has 0 amide bonds. The van der Waals surface area contributed by atoms with Crippen molar-refractivity contribution in [2.75, 3.05) is 12.3 Å². The lowest BCUT2D eigenvalue weighted by molar-refractivity contribution is 0.544. The maximum absolute atomic E-state index is 4.79. The van der Waals surface area contributed by atoms with Crippen molar-refractivity contribution in [3.8, 4) is 0 Å². The van der Waals surface area contributed by atoms with E-state index in [1.165, 1.54) is 30.0 Å². The summed E-state index contributed by atoms with van der Waals surface area (Å²) >= 11 is 1.90. The zero-order valence-electron chi connectivity index (χ0n) is 13.4. The monoisotopic (exact) mass is 305 g/mol. The maximum Gasteiger partial charge on any atom is 0.138 e. The third kappa shape index (κ3) is 4.75. The van der Waals surface area contributed by atoms with Gasteiger partial charge in [0.25, 0.3) is 0 Å². The molecular weight excluding hydrogens is 278 g/mol. The van der Waals surface area contributed by atoms with Gasteiger partial charge in [-0.2, -0.15) is 0 Å². The largest absolute Gasteiger partial charge is 0.311 e. The van der Waals surface area contributed by atoms with Crippen molar-refractivity contribution in [1.82, 2.24) is 14.7 Å². The Morgan fingerprint density at radius 3 is 2.90 bits per heavy atom. The number of nitrogens with one attached hydrogen (secondary N) is 1. The highest BCUT2D eigenvalue weighted by Gasteiger charge is 2.12. The molecule has 0 aliphatic carbocycles. The molecule has 0 bridgehead atoms. The van der Waals surface area contributed by atoms with Crippen LogP contribution in [0.3, 0.4) is 0 Å². The zero-order chi connectivity index (χ0) is 15.1. The molecule has 0 aliphatic heterocycles. The second-order valence-electron chi connectivity index (χ2n) is 5.87. The van der Waals surface area contributed by atoms with Gasteiger partial charge in [-0.1, -0.05) is 39.7 Å². The van der Waals surface area contributed by atoms with Gasteiger partial charge in [-0.3, -0.25) is 0 Å². The van der Waals surface area contributed by atoms with Crippen molar-refractivity contribution < 1.29 is 0 Å². The number of rotatable bonds is 9. The third-order valence-electron chi connectivity index (χ3n) is 3.42. The summed E-state index contributed by atoms with van der Waals surface area (Å²) in [5.74, 6) is 1.83. The summed E-state index contributed by atoms with van der Waals surface area (Å²) in [4.78, 5) is 4.79. The molecule has 1 N–H and O–H groups in total. The average Bonchev–Trinajstić information content (AvgIpc) is 2.81. The van der Waals surface area contributed by atoms with Gasteiger partial charge in [0.15, 0.2) is 0 Å². The Morgan fingerprint density at radius 1 is 1.29 bits per heavy atom. The van der Waals surface area contributed by atoms with Gasteiger partial charge in [-0.15, -0.1) is 11.8 Å². The Kier molecular flexibility index (Phi) is 6.58. The number of fused-ring (bicyclic) bond motifs is 1. The van der Waals surface area contributed by atoms with E-state index < -0.39 is 0 Å². The Labute approximate surface area is 132 Å². The molecule has 21 heavy (non-hydrogen) atoms. The highest BCUT2D eigenvalue weighted by Crippen LogP contribution is 2.24. The average molecular weight is 305 g/mol. The van der Waals surface area contributed by atoms with Crippen molar-refractivity contribution in [2.45, 2.75) is 51.6 Å². The molecule has 0 aliphatic rings. The molecule has 0 atom stereocenters. The SMILES string of the molecule is CCCCCSc1nc2ccccn2c1CNCC(C)C. The van der Waals surface area contributed by atoms with Gasteiger partial charge in [0.05, 0.1) is 5.69 Å². The fourth-order valence-corrected chi connectivity index (χ4v) is 3.34. The molecule has 0 unspecified atom stereocenters. The highest BCUT2D eigenvalue weighted by atomic mass is 32.2. The Hall–Kier alpha value is -1.00. The van der Waals surface area contributed by atoms with E-state index >= 15 is 0 Å². The van der Waals surface area contributed by atoms with Gasteiger partial charge < -0.3 is 9.72 Å². The number of pyridine rings is 1. The van der Waals surface area contributed by atoms with Crippen LogP contribution in [0.5, 0.6) is 0 Å². The van der Waals surface area contributed by atoms with Gasteiger partial charge >= 0.3 is 0 Å². The van der Waals surface area contributed by atoms with E-state index in [-0.39, 0.29) is 0 Å². The first-order chi connectivity index (χ1) is 10.2. The van der Waals surface area contributed by atoms with Gasteiger partial charge in [0.1, 0.15) is 10.7 Å². The van der Waals surface area contributed by atoms with Crippen LogP contribution in [0, 0.1) is 5.92 Å². The van der Waals surface area contributed by atoms with Gasteiger partial charge in [0, 0.05) is 12.7 Å². The molecule has 0 radical (unpaired) electrons. The lowest BCUT2D eigenvalue weighted by atomic mass is 10.2. The number of hydrogen-bond donors (Lipinski definition) is 1. The normalized spacial score (nSPS) is 11.6. The quantitative estimate of drug-likeness (QED) is 0.551. The van der Waals surface area contributed by atoms with E-state index in [0.717, 1.165) is 24.5 Å². The van der Waals surface area contributed by atoms with Crippen LogP contribution in [0.25, 0.3) is 5.65 Å². The fraction of sp³-hybridized carbons (Fsp3) is 0.588. The van der Waals surface area contributed by atoms with Crippen LogP contribution in [-0.2, 0) is 6.54 Å². The van der Waals surface area contributed by atoms with Crippen LogP contribution in [0.2, 0.25) is 0 Å². The molecule has 4 heteroatoms. The van der Waals surface area contributed by atoms with Crippen LogP contribution in [0.4, 0.5) is 0 Å². The summed E-state index contributed by atoms with van der Waals surface area (Å²) < 4.78 is 2.22. The second kappa shape index (κ2) is 8.44. The molecule has 116 valence electrons. The number of thioether (sulfide) groups is 1. The minimum Gasteiger partial charge on any atom is -0.311 e. The number of unbranched alkanes of at least 4 members (excludes halogenated alkanes) is 2. The predicted octanol–water partition coefficient (Wildman–Crippen LogP) is 4.36. The zero-order valence-corrected chi connectivity index (χ0v) is 14.2. The Balaban J connectivity index is 2.09. The van der Waals surface area contributed by atoms with Crippen molar-refractivity contribution in [3.63, 3.8) is 0 Å². The number of nitrogens with zero attached hydrogens (tertiary/aromatic N) is 2. The van der Waals surface area contributed by atoms with E-state index in [0.29, 0.717) is 5.92 Å². The number of aromatic nitrogens is 2. The molecule has 0 aromatic carbocycles. The fourth-order valence-electron chi connectivity index (χ4n) is 2.30. The predicted molar refractivity (Wildman–Crippen MR) is 92.0 cm³/mol. The third-order valence-corrected chi connectivity index (χ3v) is 4.52. The summed E-state index contributed by atoms with van der Waals surface area (Å²) in [6.07, 6.45) is 5.97. The van der Waals surface area contributed by atoms with Crippen LogP contribution in [0.15, 0.2) is 29.4 Å². The van der Waals surface area contributed by atoms with Crippen molar-refractivity contribution >= 4 is 17.4 Å². The molecule has 3 nitrogen and oxygen atoms in total. The summed E-state index contributed by atoms with van der Waals surface area (Å²) in [7, 11) is 0. The van der Waals surface area contributed by atoms with Crippen molar-refractivity contribution in [1.29, 1.82) is 0 Å². The number of imidazole rings is 1. The summed E-state index contributed by atoms with van der Waals surface area (Å²) in [5.41, 5.74) is 2.35. The van der Waals surface area contributed by atoms with Gasteiger partial charge in [0.2, 0.25) is 0 Å². The van der Waals surface area contributed by atoms with Crippen LogP contribution in [-0.4, -0.2) is 21.7 Å². The number of hydrogen-bond acceptors (Lipinski definition) is 3. The molecule has 2 aromatic rings. The maximum atomic E-state index is 4.79. The summed E-state index contributed by atoms with van der Waals surface area (Å²) in [6, 6.07) is 6.22. The summed E-state index contributed by atoms with van der Waals surface area (Å²) in [5, 5.41) is 4.74. The molecule has 2 aromatic heterocycles. The van der Waals surface area contributed by atoms with E-state index in [1.807, 2.05) is 11.8 Å². The first-order valence-corrected chi connectivity index (χ1v) is 9.00. The van der Waals surface area contributed by atoms with Crippen molar-refractivity contribution in [2.24, 2.45) is 5.92 Å². The lowest BCUT2D eigenvalue weighted by Crippen LogP contribution is -2.20. The van der Waals surface area contributed by atoms with Gasteiger partial charge in [-0.05, 0) is 36.8 Å². The Morgan fingerprint density at radius 2 is 2.14 bits per heavy atom. The van der Waals surface area contributed by atoms with E-state index in [4.69, 9.17) is 4.98 Å². The molecule has 2 rings (SSSR count).